The first-order valence-electron chi connectivity index (χ1n) is 8.97. The Bertz CT molecular complexity index is 815. The number of amides is 2. The zero-order chi connectivity index (χ0) is 19.2. The van der Waals surface area contributed by atoms with Gasteiger partial charge >= 0.3 is 5.97 Å². The lowest BCUT2D eigenvalue weighted by molar-refractivity contribution is -0.131. The fourth-order valence-corrected chi connectivity index (χ4v) is 3.14. The summed E-state index contributed by atoms with van der Waals surface area (Å²) in [5.41, 5.74) is 1.08. The van der Waals surface area contributed by atoms with Gasteiger partial charge in [-0.1, -0.05) is 30.3 Å². The fourth-order valence-electron chi connectivity index (χ4n) is 3.14. The van der Waals surface area contributed by atoms with Crippen molar-refractivity contribution in [1.29, 1.82) is 0 Å². The standard InChI is InChI=1S/C20H22N2O5/c23-18(8-7-15-5-2-1-3-6-15)21-9-4-10-22(12-11-21)19(24)17-13-16(14-27-17)20(25)26/h1-3,5-6,13-14H,4,7-12H2,(H,25,26). The largest absolute Gasteiger partial charge is 0.478 e. The molecule has 1 aliphatic rings. The molecule has 2 aromatic rings. The van der Waals surface area contributed by atoms with Crippen molar-refractivity contribution in [3.63, 3.8) is 0 Å². The van der Waals surface area contributed by atoms with E-state index in [0.29, 0.717) is 45.4 Å². The summed E-state index contributed by atoms with van der Waals surface area (Å²) >= 11 is 0. The van der Waals surface area contributed by atoms with E-state index in [2.05, 4.69) is 0 Å². The lowest BCUT2D eigenvalue weighted by Crippen LogP contribution is -2.37. The molecule has 2 amide bonds. The molecule has 1 saturated heterocycles. The second-order valence-electron chi connectivity index (χ2n) is 6.52. The van der Waals surface area contributed by atoms with Crippen LogP contribution in [0, 0.1) is 0 Å². The van der Waals surface area contributed by atoms with E-state index in [1.54, 1.807) is 9.80 Å². The predicted octanol–water partition coefficient (Wildman–Crippen LogP) is 2.29. The van der Waals surface area contributed by atoms with Crippen LogP contribution in [0.4, 0.5) is 0 Å². The molecular weight excluding hydrogens is 348 g/mol. The van der Waals surface area contributed by atoms with Crippen molar-refractivity contribution in [3.05, 3.63) is 59.5 Å². The Balaban J connectivity index is 1.54. The van der Waals surface area contributed by atoms with Gasteiger partial charge < -0.3 is 19.3 Å². The van der Waals surface area contributed by atoms with Crippen LogP contribution < -0.4 is 0 Å². The molecule has 1 aromatic carbocycles. The minimum Gasteiger partial charge on any atom is -0.478 e. The number of aryl methyl sites for hydroxylation is 1. The van der Waals surface area contributed by atoms with E-state index in [4.69, 9.17) is 9.52 Å². The molecule has 1 fully saturated rings. The minimum atomic E-state index is -1.14. The Morgan fingerprint density at radius 2 is 1.70 bits per heavy atom. The Hall–Kier alpha value is -3.09. The number of carbonyl (C=O) groups excluding carboxylic acids is 2. The van der Waals surface area contributed by atoms with E-state index in [1.807, 2.05) is 30.3 Å². The third-order valence-electron chi connectivity index (χ3n) is 4.66. The molecule has 3 rings (SSSR count). The highest BCUT2D eigenvalue weighted by atomic mass is 16.4. The van der Waals surface area contributed by atoms with E-state index in [9.17, 15) is 14.4 Å². The number of hydrogen-bond donors (Lipinski definition) is 1. The first kappa shape index (κ1) is 18.7. The summed E-state index contributed by atoms with van der Waals surface area (Å²) in [6.07, 6.45) is 2.88. The van der Waals surface area contributed by atoms with E-state index in [1.165, 1.54) is 6.07 Å². The summed E-state index contributed by atoms with van der Waals surface area (Å²) in [6.45, 7) is 1.98. The third-order valence-corrected chi connectivity index (χ3v) is 4.66. The van der Waals surface area contributed by atoms with E-state index in [-0.39, 0.29) is 23.1 Å². The van der Waals surface area contributed by atoms with Gasteiger partial charge in [0.05, 0.1) is 5.56 Å². The number of aromatic carboxylic acids is 1. The summed E-state index contributed by atoms with van der Waals surface area (Å²) in [5.74, 6) is -1.39. The van der Waals surface area contributed by atoms with Gasteiger partial charge in [-0.2, -0.15) is 0 Å². The SMILES string of the molecule is O=C(O)c1coc(C(=O)N2CCCN(C(=O)CCc3ccccc3)CC2)c1. The van der Waals surface area contributed by atoms with Crippen molar-refractivity contribution >= 4 is 17.8 Å². The quantitative estimate of drug-likeness (QED) is 0.872. The van der Waals surface area contributed by atoms with E-state index in [0.717, 1.165) is 11.8 Å². The van der Waals surface area contributed by atoms with Gasteiger partial charge in [0.2, 0.25) is 5.91 Å². The monoisotopic (exact) mass is 370 g/mol. The molecule has 0 bridgehead atoms. The highest BCUT2D eigenvalue weighted by Crippen LogP contribution is 2.14. The lowest BCUT2D eigenvalue weighted by atomic mass is 10.1. The maximum absolute atomic E-state index is 12.5. The van der Waals surface area contributed by atoms with E-state index < -0.39 is 5.97 Å². The average Bonchev–Trinajstić information content (AvgIpc) is 3.05. The van der Waals surface area contributed by atoms with Crippen molar-refractivity contribution in [2.75, 3.05) is 26.2 Å². The summed E-state index contributed by atoms with van der Waals surface area (Å²) in [7, 11) is 0. The van der Waals surface area contributed by atoms with Crippen LogP contribution in [0.15, 0.2) is 47.1 Å². The van der Waals surface area contributed by atoms with Gasteiger partial charge in [-0.15, -0.1) is 0 Å². The Morgan fingerprint density at radius 3 is 2.41 bits per heavy atom. The maximum Gasteiger partial charge on any atom is 0.338 e. The molecular formula is C20H22N2O5. The van der Waals surface area contributed by atoms with Gasteiger partial charge in [-0.3, -0.25) is 9.59 Å². The van der Waals surface area contributed by atoms with Crippen LogP contribution in [0.1, 0.15) is 39.3 Å². The molecule has 27 heavy (non-hydrogen) atoms. The zero-order valence-corrected chi connectivity index (χ0v) is 15.0. The van der Waals surface area contributed by atoms with Crippen LogP contribution in [0.2, 0.25) is 0 Å². The second-order valence-corrected chi connectivity index (χ2v) is 6.52. The molecule has 0 saturated carbocycles. The highest BCUT2D eigenvalue weighted by Gasteiger charge is 2.25. The number of benzene rings is 1. The Labute approximate surface area is 157 Å². The normalized spacial score (nSPS) is 14.7. The summed E-state index contributed by atoms with van der Waals surface area (Å²) in [4.78, 5) is 39.3. The highest BCUT2D eigenvalue weighted by molar-refractivity contribution is 5.95. The summed E-state index contributed by atoms with van der Waals surface area (Å²) in [5, 5.41) is 8.93. The van der Waals surface area contributed by atoms with Gasteiger partial charge in [-0.05, 0) is 18.4 Å². The first-order valence-corrected chi connectivity index (χ1v) is 8.97. The smallest absolute Gasteiger partial charge is 0.338 e. The number of furan rings is 1. The van der Waals surface area contributed by atoms with Crippen LogP contribution in [0.3, 0.4) is 0 Å². The van der Waals surface area contributed by atoms with Gasteiger partial charge in [0.25, 0.3) is 5.91 Å². The molecule has 142 valence electrons. The van der Waals surface area contributed by atoms with Crippen molar-refractivity contribution < 1.29 is 23.9 Å². The second kappa shape index (κ2) is 8.53. The van der Waals surface area contributed by atoms with Crippen molar-refractivity contribution in [2.24, 2.45) is 0 Å². The molecule has 7 nitrogen and oxygen atoms in total. The van der Waals surface area contributed by atoms with Crippen LogP contribution in [-0.4, -0.2) is 58.9 Å². The van der Waals surface area contributed by atoms with Gasteiger partial charge in [0, 0.05) is 38.7 Å². The fraction of sp³-hybridized carbons (Fsp3) is 0.350. The molecule has 1 aliphatic heterocycles. The number of hydrogen-bond acceptors (Lipinski definition) is 4. The molecule has 0 spiro atoms. The molecule has 0 atom stereocenters. The van der Waals surface area contributed by atoms with Gasteiger partial charge in [0.15, 0.2) is 5.76 Å². The number of carboxylic acids is 1. The van der Waals surface area contributed by atoms with Crippen molar-refractivity contribution in [1.82, 2.24) is 9.80 Å². The number of carboxylic acid groups (broad SMARTS) is 1. The topological polar surface area (TPSA) is 91.1 Å². The van der Waals surface area contributed by atoms with Crippen molar-refractivity contribution in [2.45, 2.75) is 19.3 Å². The summed E-state index contributed by atoms with van der Waals surface area (Å²) < 4.78 is 5.09. The minimum absolute atomic E-state index is 0.0104. The molecule has 1 N–H and O–H groups in total. The summed E-state index contributed by atoms with van der Waals surface area (Å²) in [6, 6.07) is 11.1. The van der Waals surface area contributed by atoms with Crippen LogP contribution in [-0.2, 0) is 11.2 Å². The van der Waals surface area contributed by atoms with Gasteiger partial charge in [-0.25, -0.2) is 4.79 Å². The molecule has 0 radical (unpaired) electrons. The van der Waals surface area contributed by atoms with Crippen molar-refractivity contribution in [3.8, 4) is 0 Å². The average molecular weight is 370 g/mol. The van der Waals surface area contributed by atoms with Crippen LogP contribution >= 0.6 is 0 Å². The number of rotatable bonds is 5. The zero-order valence-electron chi connectivity index (χ0n) is 15.0. The number of carbonyl (C=O) groups is 3. The van der Waals surface area contributed by atoms with E-state index >= 15 is 0 Å². The molecule has 1 aromatic heterocycles. The lowest BCUT2D eigenvalue weighted by Gasteiger charge is -2.21. The molecule has 0 aliphatic carbocycles. The maximum atomic E-state index is 12.5. The van der Waals surface area contributed by atoms with Crippen LogP contribution in [0.25, 0.3) is 0 Å². The Kier molecular flexibility index (Phi) is 5.90. The predicted molar refractivity (Wildman–Crippen MR) is 97.5 cm³/mol. The Morgan fingerprint density at radius 1 is 1.00 bits per heavy atom. The first-order chi connectivity index (χ1) is 13.0. The van der Waals surface area contributed by atoms with Gasteiger partial charge in [0.1, 0.15) is 6.26 Å². The molecule has 7 heteroatoms. The number of nitrogens with zero attached hydrogens (tertiary/aromatic N) is 2. The molecule has 2 heterocycles. The molecule has 0 unspecified atom stereocenters. The van der Waals surface area contributed by atoms with Crippen LogP contribution in [0.5, 0.6) is 0 Å². The third kappa shape index (κ3) is 4.75.